The van der Waals surface area contributed by atoms with E-state index in [1.165, 1.54) is 0 Å². The summed E-state index contributed by atoms with van der Waals surface area (Å²) in [6.45, 7) is 0.419. The largest absolute Gasteiger partial charge is 0.491 e. The maximum absolute atomic E-state index is 10.1. The third-order valence-electron chi connectivity index (χ3n) is 2.15. The number of nitrogens with zero attached hydrogens (tertiary/aromatic N) is 1. The van der Waals surface area contributed by atoms with Crippen LogP contribution in [-0.4, -0.2) is 18.7 Å². The minimum Gasteiger partial charge on any atom is -0.491 e. The van der Waals surface area contributed by atoms with E-state index in [1.807, 2.05) is 6.07 Å². The van der Waals surface area contributed by atoms with Crippen LogP contribution in [0, 0.1) is 0 Å². The van der Waals surface area contributed by atoms with Crippen molar-refractivity contribution in [1.82, 2.24) is 0 Å². The lowest BCUT2D eigenvalue weighted by molar-refractivity contribution is 0.264. The van der Waals surface area contributed by atoms with Crippen LogP contribution in [0.25, 0.3) is 0 Å². The Morgan fingerprint density at radius 3 is 3.21 bits per heavy atom. The zero-order valence-electron chi connectivity index (χ0n) is 7.37. The van der Waals surface area contributed by atoms with Gasteiger partial charge < -0.3 is 4.74 Å². The molecule has 0 spiro atoms. The number of fused-ring (bicyclic) bond motifs is 1. The fraction of sp³-hybridized carbons (Fsp3) is 0.300. The average molecular weight is 210 g/mol. The predicted octanol–water partition coefficient (Wildman–Crippen LogP) is 1.98. The Labute approximate surface area is 86.4 Å². The molecule has 0 amide bonds. The number of isocyanates is 1. The van der Waals surface area contributed by atoms with Gasteiger partial charge in [0.05, 0.1) is 0 Å². The molecular formula is C10H8ClNO2. The quantitative estimate of drug-likeness (QED) is 0.524. The molecule has 1 atom stereocenters. The second-order valence-electron chi connectivity index (χ2n) is 3.14. The Kier molecular flexibility index (Phi) is 2.53. The van der Waals surface area contributed by atoms with E-state index in [0.29, 0.717) is 18.1 Å². The molecule has 1 heterocycles. The van der Waals surface area contributed by atoms with Gasteiger partial charge in [0.25, 0.3) is 0 Å². The molecule has 1 unspecified atom stereocenters. The van der Waals surface area contributed by atoms with Crippen LogP contribution in [-0.2, 0) is 11.2 Å². The summed E-state index contributed by atoms with van der Waals surface area (Å²) in [5.41, 5.74) is 1.03. The predicted molar refractivity (Wildman–Crippen MR) is 52.6 cm³/mol. The van der Waals surface area contributed by atoms with Crippen molar-refractivity contribution in [2.24, 2.45) is 4.99 Å². The van der Waals surface area contributed by atoms with Crippen molar-refractivity contribution in [2.75, 3.05) is 6.61 Å². The van der Waals surface area contributed by atoms with E-state index in [0.717, 1.165) is 11.3 Å². The summed E-state index contributed by atoms with van der Waals surface area (Å²) >= 11 is 5.81. The van der Waals surface area contributed by atoms with E-state index >= 15 is 0 Å². The molecule has 0 aromatic heterocycles. The minimum atomic E-state index is -0.110. The lowest BCUT2D eigenvalue weighted by Crippen LogP contribution is -2.24. The lowest BCUT2D eigenvalue weighted by Gasteiger charge is -2.21. The molecule has 3 nitrogen and oxygen atoms in total. The smallest absolute Gasteiger partial charge is 0.235 e. The first-order chi connectivity index (χ1) is 6.79. The van der Waals surface area contributed by atoms with Gasteiger partial charge in [-0.2, -0.15) is 4.99 Å². The highest BCUT2D eigenvalue weighted by Gasteiger charge is 2.19. The van der Waals surface area contributed by atoms with E-state index in [1.54, 1.807) is 18.2 Å². The summed E-state index contributed by atoms with van der Waals surface area (Å²) in [7, 11) is 0. The van der Waals surface area contributed by atoms with Crippen LogP contribution >= 0.6 is 11.6 Å². The zero-order chi connectivity index (χ0) is 9.97. The van der Waals surface area contributed by atoms with Gasteiger partial charge in [-0.25, -0.2) is 4.79 Å². The van der Waals surface area contributed by atoms with E-state index in [2.05, 4.69) is 4.99 Å². The average Bonchev–Trinajstić information content (AvgIpc) is 2.19. The van der Waals surface area contributed by atoms with Gasteiger partial charge in [-0.15, -0.1) is 0 Å². The first kappa shape index (κ1) is 9.25. The van der Waals surface area contributed by atoms with Crippen molar-refractivity contribution >= 4 is 17.7 Å². The number of aliphatic imine (C=N–C) groups is 1. The van der Waals surface area contributed by atoms with E-state index < -0.39 is 0 Å². The molecule has 72 valence electrons. The number of carbonyl (C=O) groups excluding carboxylic acids is 1. The minimum absolute atomic E-state index is 0.110. The topological polar surface area (TPSA) is 38.7 Å². The van der Waals surface area contributed by atoms with Crippen LogP contribution < -0.4 is 4.74 Å². The van der Waals surface area contributed by atoms with Crippen LogP contribution in [0.3, 0.4) is 0 Å². The van der Waals surface area contributed by atoms with Gasteiger partial charge in [-0.1, -0.05) is 17.7 Å². The van der Waals surface area contributed by atoms with Crippen molar-refractivity contribution in [3.05, 3.63) is 28.8 Å². The fourth-order valence-corrected chi connectivity index (χ4v) is 1.65. The van der Waals surface area contributed by atoms with Gasteiger partial charge in [0, 0.05) is 11.4 Å². The summed E-state index contributed by atoms with van der Waals surface area (Å²) in [6, 6.07) is 5.36. The number of ether oxygens (including phenoxy) is 1. The van der Waals surface area contributed by atoms with E-state index in [4.69, 9.17) is 16.3 Å². The molecule has 0 radical (unpaired) electrons. The van der Waals surface area contributed by atoms with Crippen LogP contribution in [0.4, 0.5) is 0 Å². The summed E-state index contributed by atoms with van der Waals surface area (Å²) < 4.78 is 5.41. The van der Waals surface area contributed by atoms with Gasteiger partial charge >= 0.3 is 0 Å². The third kappa shape index (κ3) is 1.79. The zero-order valence-corrected chi connectivity index (χ0v) is 8.12. The Balaban J connectivity index is 2.27. The molecule has 0 aliphatic carbocycles. The molecule has 1 aromatic carbocycles. The number of benzene rings is 1. The van der Waals surface area contributed by atoms with E-state index in [-0.39, 0.29) is 6.04 Å². The summed E-state index contributed by atoms with van der Waals surface area (Å²) in [5.74, 6) is 0.787. The maximum atomic E-state index is 10.1. The van der Waals surface area contributed by atoms with Crippen molar-refractivity contribution in [1.29, 1.82) is 0 Å². The molecule has 1 aliphatic heterocycles. The number of hydrogen-bond acceptors (Lipinski definition) is 3. The molecule has 4 heteroatoms. The number of hydrogen-bond donors (Lipinski definition) is 0. The fourth-order valence-electron chi connectivity index (χ4n) is 1.49. The highest BCUT2D eigenvalue weighted by Crippen LogP contribution is 2.28. The molecule has 0 saturated heterocycles. The van der Waals surface area contributed by atoms with Gasteiger partial charge in [0.2, 0.25) is 6.08 Å². The highest BCUT2D eigenvalue weighted by molar-refractivity contribution is 6.30. The van der Waals surface area contributed by atoms with Crippen LogP contribution in [0.15, 0.2) is 23.2 Å². The van der Waals surface area contributed by atoms with Gasteiger partial charge in [0.1, 0.15) is 18.4 Å². The lowest BCUT2D eigenvalue weighted by atomic mass is 10.0. The molecule has 14 heavy (non-hydrogen) atoms. The van der Waals surface area contributed by atoms with Crippen molar-refractivity contribution in [3.63, 3.8) is 0 Å². The highest BCUT2D eigenvalue weighted by atomic mass is 35.5. The first-order valence-electron chi connectivity index (χ1n) is 4.28. The standard InChI is InChI=1S/C10H8ClNO2/c11-8-2-1-7-3-9(12-6-13)5-14-10(7)4-8/h1-2,4,9H,3,5H2. The Morgan fingerprint density at radius 1 is 1.57 bits per heavy atom. The first-order valence-corrected chi connectivity index (χ1v) is 4.65. The number of halogens is 1. The van der Waals surface area contributed by atoms with Crippen molar-refractivity contribution < 1.29 is 9.53 Å². The molecule has 1 aromatic rings. The SMILES string of the molecule is O=C=NC1COc2cc(Cl)ccc2C1. The normalized spacial score (nSPS) is 19.1. The second-order valence-corrected chi connectivity index (χ2v) is 3.58. The summed E-state index contributed by atoms with van der Waals surface area (Å²) in [4.78, 5) is 13.7. The molecule has 0 fully saturated rings. The second kappa shape index (κ2) is 3.82. The van der Waals surface area contributed by atoms with Gasteiger partial charge in [0.15, 0.2) is 0 Å². The monoisotopic (exact) mass is 209 g/mol. The van der Waals surface area contributed by atoms with Crippen molar-refractivity contribution in [2.45, 2.75) is 12.5 Å². The summed E-state index contributed by atoms with van der Waals surface area (Å²) in [6.07, 6.45) is 2.26. The summed E-state index contributed by atoms with van der Waals surface area (Å²) in [5, 5.41) is 0.654. The molecule has 0 N–H and O–H groups in total. The van der Waals surface area contributed by atoms with E-state index in [9.17, 15) is 4.79 Å². The van der Waals surface area contributed by atoms with Gasteiger partial charge in [-0.05, 0) is 17.7 Å². The molecule has 1 aliphatic rings. The maximum Gasteiger partial charge on any atom is 0.235 e. The van der Waals surface area contributed by atoms with Gasteiger partial charge in [-0.3, -0.25) is 0 Å². The Morgan fingerprint density at radius 2 is 2.43 bits per heavy atom. The van der Waals surface area contributed by atoms with Crippen molar-refractivity contribution in [3.8, 4) is 5.75 Å². The molecular weight excluding hydrogens is 202 g/mol. The van der Waals surface area contributed by atoms with Crippen LogP contribution in [0.5, 0.6) is 5.75 Å². The molecule has 0 saturated carbocycles. The third-order valence-corrected chi connectivity index (χ3v) is 2.39. The number of rotatable bonds is 1. The Hall–Kier alpha value is -1.31. The van der Waals surface area contributed by atoms with Crippen LogP contribution in [0.2, 0.25) is 5.02 Å². The van der Waals surface area contributed by atoms with Crippen LogP contribution in [0.1, 0.15) is 5.56 Å². The molecule has 2 rings (SSSR count). The Bertz CT molecular complexity index is 399. The molecule has 0 bridgehead atoms.